The number of nitrogens with two attached hydrogens (primary N) is 3. The van der Waals surface area contributed by atoms with Crippen LogP contribution in [0.2, 0.25) is 0 Å². The maximum atomic E-state index is 15.6. The molecule has 3 aromatic carbocycles. The van der Waals surface area contributed by atoms with Crippen molar-refractivity contribution in [1.29, 1.82) is 5.41 Å². The summed E-state index contributed by atoms with van der Waals surface area (Å²) in [6, 6.07) is 2.38. The van der Waals surface area contributed by atoms with E-state index in [2.05, 4.69) is 68.5 Å². The number of fused-ring (bicyclic) bond motifs is 3. The number of aromatic nitrogens is 2. The molecule has 5 aromatic rings. The van der Waals surface area contributed by atoms with Gasteiger partial charge < -0.3 is 120 Å². The van der Waals surface area contributed by atoms with Crippen LogP contribution < -0.4 is 75.7 Å². The number of hydrogen-bond acceptors (Lipinski definition) is 21. The number of amides is 17. The molecule has 0 bridgehead atoms. The number of primary amides is 2. The number of unbranched alkanes of at least 4 members (excludes halogenated alkanes) is 2. The summed E-state index contributed by atoms with van der Waals surface area (Å²) in [4.78, 5) is 257. The monoisotopic (exact) mass is 1800 g/mol. The molecule has 41 nitrogen and oxygen atoms in total. The first-order valence-corrected chi connectivity index (χ1v) is 44.0. The summed E-state index contributed by atoms with van der Waals surface area (Å²) in [5, 5.41) is 59.4. The summed E-state index contributed by atoms with van der Waals surface area (Å²) in [6.07, 6.45) is 3.36. The maximum absolute atomic E-state index is 15.6. The number of guanidine groups is 1. The highest BCUT2D eigenvalue weighted by Gasteiger charge is 2.44. The second-order valence-corrected chi connectivity index (χ2v) is 33.6. The SMILES string of the molecule is CCCC[C@H]1C(=O)N(C)[C@@H](CCCC)C(=O)N[C@@H](CCCNC(=N)N)C(=O)N[C@H](C(=O)NCC(N)=O)CSCC(=O)N[C@@H](Cc2ccccc2)C(=O)N(C)[C@@H](C)C(=O)N[C@@H](CC(N)=O)C(=O)N2CCC[C@H]2C(=O)N[C@@H](CO)C(=O)N[C@@H](CC(C)C)C(=O)N(C)CC(=O)N[C@@H](Cc2c[nH]c3ccccc23)C(=O)N[C@@H](CO)C(=O)N[C@@H](Cc2c[nH]c3ccccc23)C(=O)N1C. The summed E-state index contributed by atoms with van der Waals surface area (Å²) < 4.78 is 0. The largest absolute Gasteiger partial charge is 0.394 e. The minimum atomic E-state index is -1.85. The minimum absolute atomic E-state index is 0.000205. The zero-order valence-electron chi connectivity index (χ0n) is 73.7. The molecule has 0 radical (unpaired) electrons. The maximum Gasteiger partial charge on any atom is 0.246 e. The summed E-state index contributed by atoms with van der Waals surface area (Å²) in [5.41, 5.74) is 19.6. The lowest BCUT2D eigenvalue weighted by molar-refractivity contribution is -0.149. The third kappa shape index (κ3) is 29.7. The number of para-hydroxylation sites is 2. The van der Waals surface area contributed by atoms with E-state index >= 15 is 19.2 Å². The van der Waals surface area contributed by atoms with E-state index in [4.69, 9.17) is 22.6 Å². The van der Waals surface area contributed by atoms with Crippen LogP contribution in [0.1, 0.15) is 128 Å². The highest BCUT2D eigenvalue weighted by Crippen LogP contribution is 2.26. The van der Waals surface area contributed by atoms with Crippen molar-refractivity contribution in [3.8, 4) is 0 Å². The fraction of sp³-hybridized carbons (Fsp3) is 0.535. The first kappa shape index (κ1) is 102. The van der Waals surface area contributed by atoms with Gasteiger partial charge in [-0.1, -0.05) is 120 Å². The minimum Gasteiger partial charge on any atom is -0.394 e. The average Bonchev–Trinajstić information content (AvgIpc) is 1.51. The number of rotatable bonds is 25. The van der Waals surface area contributed by atoms with Crippen molar-refractivity contribution in [2.24, 2.45) is 23.1 Å². The molecule has 22 N–H and O–H groups in total. The van der Waals surface area contributed by atoms with Crippen LogP contribution in [-0.2, 0) is 101 Å². The van der Waals surface area contributed by atoms with E-state index in [1.165, 1.54) is 35.1 Å². The van der Waals surface area contributed by atoms with E-state index in [1.54, 1.807) is 105 Å². The Morgan fingerprint density at radius 1 is 0.516 bits per heavy atom. The molecule has 0 spiro atoms. The van der Waals surface area contributed by atoms with Crippen LogP contribution in [0.25, 0.3) is 21.8 Å². The number of nitrogens with zero attached hydrogens (tertiary/aromatic N) is 5. The Labute approximate surface area is 746 Å². The van der Waals surface area contributed by atoms with E-state index in [1.807, 2.05) is 13.8 Å². The Morgan fingerprint density at radius 2 is 1.02 bits per heavy atom. The Hall–Kier alpha value is -12.7. The first-order chi connectivity index (χ1) is 60.9. The molecule has 42 heteroatoms. The van der Waals surface area contributed by atoms with E-state index in [9.17, 15) is 72.5 Å². The molecule has 13 atom stereocenters. The molecule has 17 amide bonds. The van der Waals surface area contributed by atoms with Gasteiger partial charge >= 0.3 is 0 Å². The number of likely N-dealkylation sites (N-methyl/N-ethyl adjacent to an activating group) is 4. The van der Waals surface area contributed by atoms with E-state index < -0.39 is 229 Å². The van der Waals surface area contributed by atoms with Crippen LogP contribution in [0.5, 0.6) is 0 Å². The van der Waals surface area contributed by atoms with Crippen molar-refractivity contribution >= 4 is 140 Å². The van der Waals surface area contributed by atoms with Gasteiger partial charge in [-0.05, 0) is 86.6 Å². The molecule has 2 aliphatic heterocycles. The number of aliphatic hydroxyl groups is 2. The van der Waals surface area contributed by atoms with Gasteiger partial charge in [-0.25, -0.2) is 0 Å². The molecule has 2 fully saturated rings. The number of thioether (sulfide) groups is 1. The smallest absolute Gasteiger partial charge is 0.246 e. The van der Waals surface area contributed by atoms with Gasteiger partial charge in [-0.15, -0.1) is 11.8 Å². The van der Waals surface area contributed by atoms with Crippen LogP contribution in [0.3, 0.4) is 0 Å². The fourth-order valence-corrected chi connectivity index (χ4v) is 16.0. The molecule has 128 heavy (non-hydrogen) atoms. The quantitative estimate of drug-likeness (QED) is 0.0156. The number of nitrogens with one attached hydrogen (secondary N) is 14. The molecule has 2 aliphatic rings. The van der Waals surface area contributed by atoms with Crippen LogP contribution in [0.15, 0.2) is 91.3 Å². The Kier molecular flexibility index (Phi) is 40.0. The number of carbonyl (C=O) groups is 17. The highest BCUT2D eigenvalue weighted by atomic mass is 32.2. The Morgan fingerprint density at radius 3 is 1.60 bits per heavy atom. The van der Waals surface area contributed by atoms with Crippen molar-refractivity contribution in [2.75, 3.05) is 79.1 Å². The summed E-state index contributed by atoms with van der Waals surface area (Å²) in [6.45, 7) is 4.71. The molecule has 698 valence electrons. The highest BCUT2D eigenvalue weighted by molar-refractivity contribution is 8.00. The summed E-state index contributed by atoms with van der Waals surface area (Å²) in [7, 11) is 5.18. The van der Waals surface area contributed by atoms with Gasteiger partial charge in [0.1, 0.15) is 78.5 Å². The predicted molar refractivity (Wildman–Crippen MR) is 474 cm³/mol. The van der Waals surface area contributed by atoms with Crippen LogP contribution in [-0.4, -0.2) is 309 Å². The lowest BCUT2D eigenvalue weighted by Gasteiger charge is -2.36. The average molecular weight is 1800 g/mol. The van der Waals surface area contributed by atoms with Gasteiger partial charge in [0.25, 0.3) is 0 Å². The molecular formula is C86H124N22O19S. The number of carbonyl (C=O) groups excluding carboxylic acids is 17. The second kappa shape index (κ2) is 50.0. The van der Waals surface area contributed by atoms with E-state index in [-0.39, 0.29) is 83.2 Å². The number of H-pyrrole nitrogens is 2. The number of aliphatic hydroxyl groups excluding tert-OH is 2. The van der Waals surface area contributed by atoms with E-state index in [0.29, 0.717) is 64.2 Å². The third-order valence-corrected chi connectivity index (χ3v) is 23.4. The Balaban J connectivity index is 1.29. The Bertz CT molecular complexity index is 4760. The van der Waals surface area contributed by atoms with Gasteiger partial charge in [0.15, 0.2) is 5.96 Å². The van der Waals surface area contributed by atoms with Crippen molar-refractivity contribution in [3.05, 3.63) is 108 Å². The van der Waals surface area contributed by atoms with Gasteiger partial charge in [0.05, 0.1) is 38.5 Å². The van der Waals surface area contributed by atoms with Crippen molar-refractivity contribution in [2.45, 2.75) is 209 Å². The number of aromatic amines is 2. The van der Waals surface area contributed by atoms with Crippen molar-refractivity contribution in [1.82, 2.24) is 93.0 Å². The van der Waals surface area contributed by atoms with Crippen molar-refractivity contribution in [3.63, 3.8) is 0 Å². The fourth-order valence-electron chi connectivity index (χ4n) is 15.2. The van der Waals surface area contributed by atoms with Gasteiger partial charge in [0.2, 0.25) is 100 Å². The molecule has 2 saturated heterocycles. The van der Waals surface area contributed by atoms with Gasteiger partial charge in [0, 0.05) is 100 Å². The van der Waals surface area contributed by atoms with E-state index in [0.717, 1.165) is 36.3 Å². The number of hydrogen-bond donors (Lipinski definition) is 19. The third-order valence-electron chi connectivity index (χ3n) is 22.3. The molecular weight excluding hydrogens is 1680 g/mol. The zero-order chi connectivity index (χ0) is 94.2. The molecule has 0 unspecified atom stereocenters. The lowest BCUT2D eigenvalue weighted by atomic mass is 10.00. The van der Waals surface area contributed by atoms with Gasteiger partial charge in [-0.2, -0.15) is 0 Å². The molecule has 0 saturated carbocycles. The first-order valence-electron chi connectivity index (χ1n) is 42.8. The molecule has 2 aromatic heterocycles. The second-order valence-electron chi connectivity index (χ2n) is 32.6. The van der Waals surface area contributed by atoms with Crippen molar-refractivity contribution < 1.29 is 91.7 Å². The lowest BCUT2D eigenvalue weighted by Crippen LogP contribution is -2.61. The standard InChI is InChI=1S/C86H124N22O19S/c1-10-12-30-66-79(121)97-57(29-21-33-91-86(89)90)75(117)103-65(74(116)94-42-70(88)112)46-128-47-72(114)96-60(36-50-23-15-14-16-24-50)82(124)105(7)49(5)73(115)98-62(39-69(87)111)84(126)108-34-22-32-67(108)80(122)102-64(45-110)78(120)99-59(35-48(3)4)81(123)104(6)43-71(113)95-58(37-51-40-92-55-27-19-17-25-53(51)55)76(118)101-63(44-109)77(119)100-61(38-52-41-93-56-28-20-18-26-54(52)56)83(125)107(9)68(31-13-11-2)85(127)106(66)8/h14-20,23-28,40-41,48-49,57-68,92-93,109-110H,10-13,21-22,29-39,42-47H2,1-9H3,(H2,87,111)(H2,88,112)(H,94,116)(H,95,113)(H,96,114)(H,97,121)(H,98,115)(H,99,120)(H,100,119)(H,101,118)(H,102,122)(H,103,117)(H4,89,90,91)/t49-,57-,58-,59-,60-,61-,62-,63-,64-,65-,66-,67-,68-/m0/s1. The van der Waals surface area contributed by atoms with Crippen LogP contribution >= 0.6 is 11.8 Å². The summed E-state index contributed by atoms with van der Waals surface area (Å²) in [5.74, 6) is -17.6. The van der Waals surface area contributed by atoms with Crippen LogP contribution in [0, 0.1) is 11.3 Å². The topological polar surface area (TPSA) is 613 Å². The molecule has 4 heterocycles. The predicted octanol–water partition coefficient (Wildman–Crippen LogP) is -3.11. The molecule has 7 rings (SSSR count). The van der Waals surface area contributed by atoms with Gasteiger partial charge in [-0.3, -0.25) is 86.9 Å². The number of benzene rings is 3. The normalized spacial score (nSPS) is 23.9. The van der Waals surface area contributed by atoms with Crippen LogP contribution in [0.4, 0.5) is 0 Å². The molecule has 0 aliphatic carbocycles. The summed E-state index contributed by atoms with van der Waals surface area (Å²) >= 11 is 0.788. The zero-order valence-corrected chi connectivity index (χ0v) is 74.5.